The van der Waals surface area contributed by atoms with Crippen molar-refractivity contribution >= 4 is 21.6 Å². The predicted octanol–water partition coefficient (Wildman–Crippen LogP) is 4.08. The van der Waals surface area contributed by atoms with E-state index in [1.165, 1.54) is 15.4 Å². The van der Waals surface area contributed by atoms with Crippen LogP contribution in [0.2, 0.25) is 5.02 Å². The van der Waals surface area contributed by atoms with E-state index in [1.54, 1.807) is 0 Å². The molecular formula is C21H23ClF2N2O2S. The minimum Gasteiger partial charge on any atom is -0.298 e. The summed E-state index contributed by atoms with van der Waals surface area (Å²) in [5.41, 5.74) is 2.71. The minimum atomic E-state index is -3.98. The fraction of sp³-hybridized carbons (Fsp3) is 0.429. The van der Waals surface area contributed by atoms with Crippen LogP contribution in [0.15, 0.2) is 41.3 Å². The van der Waals surface area contributed by atoms with Gasteiger partial charge in [0.05, 0.1) is 5.02 Å². The quantitative estimate of drug-likeness (QED) is 0.673. The number of halogens is 3. The lowest BCUT2D eigenvalue weighted by Crippen LogP contribution is -2.44. The van der Waals surface area contributed by atoms with Gasteiger partial charge in [-0.05, 0) is 48.4 Å². The van der Waals surface area contributed by atoms with E-state index >= 15 is 0 Å². The van der Waals surface area contributed by atoms with Gasteiger partial charge in [0.15, 0.2) is 11.6 Å². The summed E-state index contributed by atoms with van der Waals surface area (Å²) < 4.78 is 54.4. The Kier molecular flexibility index (Phi) is 5.93. The molecule has 2 aliphatic heterocycles. The lowest BCUT2D eigenvalue weighted by molar-refractivity contribution is 0.167. The van der Waals surface area contributed by atoms with Crippen LogP contribution in [0.4, 0.5) is 8.78 Å². The number of rotatable bonds is 4. The zero-order valence-corrected chi connectivity index (χ0v) is 17.5. The van der Waals surface area contributed by atoms with Crippen molar-refractivity contribution < 1.29 is 17.2 Å². The summed E-state index contributed by atoms with van der Waals surface area (Å²) in [7, 11) is -3.98. The maximum Gasteiger partial charge on any atom is 0.244 e. The maximum atomic E-state index is 13.6. The molecule has 2 aliphatic rings. The molecule has 0 radical (unpaired) electrons. The van der Waals surface area contributed by atoms with E-state index in [-0.39, 0.29) is 15.8 Å². The fourth-order valence-electron chi connectivity index (χ4n) is 4.31. The van der Waals surface area contributed by atoms with Crippen molar-refractivity contribution in [3.05, 3.63) is 64.2 Å². The summed E-state index contributed by atoms with van der Waals surface area (Å²) in [6.07, 6.45) is 2.67. The molecule has 1 unspecified atom stereocenters. The zero-order chi connectivity index (χ0) is 20.6. The Morgan fingerprint density at radius 1 is 1.07 bits per heavy atom. The molecule has 0 bridgehead atoms. The molecule has 1 atom stereocenters. The smallest absolute Gasteiger partial charge is 0.244 e. The number of piperidine rings is 1. The standard InChI is InChI=1S/C21H23ClF2N2O2S/c22-18-10-19(23)20(24)11-21(18)29(27,28)26-8-3-4-15(13-26)12-25-9-7-16-5-1-2-6-17(16)14-25/h1-2,5-6,10-11,15H,3-4,7-9,12-14H2. The first-order valence-electron chi connectivity index (χ1n) is 9.78. The molecule has 0 N–H and O–H groups in total. The molecular weight excluding hydrogens is 418 g/mol. The summed E-state index contributed by atoms with van der Waals surface area (Å²) in [4.78, 5) is 2.00. The average Bonchev–Trinajstić information content (AvgIpc) is 2.71. The Labute approximate surface area is 175 Å². The molecule has 0 aliphatic carbocycles. The second-order valence-electron chi connectivity index (χ2n) is 7.82. The lowest BCUT2D eigenvalue weighted by Gasteiger charge is -2.36. The van der Waals surface area contributed by atoms with Gasteiger partial charge in [0, 0.05) is 32.7 Å². The van der Waals surface area contributed by atoms with E-state index in [0.717, 1.165) is 45.0 Å². The molecule has 2 heterocycles. The molecule has 8 heteroatoms. The summed E-state index contributed by atoms with van der Waals surface area (Å²) in [6, 6.07) is 9.80. The monoisotopic (exact) mass is 440 g/mol. The van der Waals surface area contributed by atoms with Gasteiger partial charge in [0.2, 0.25) is 10.0 Å². The summed E-state index contributed by atoms with van der Waals surface area (Å²) in [6.45, 7) is 3.35. The molecule has 1 fully saturated rings. The van der Waals surface area contributed by atoms with Gasteiger partial charge < -0.3 is 0 Å². The third-order valence-corrected chi connectivity index (χ3v) is 8.13. The van der Waals surface area contributed by atoms with Crippen molar-refractivity contribution in [2.45, 2.75) is 30.7 Å². The minimum absolute atomic E-state index is 0.188. The second-order valence-corrected chi connectivity index (χ2v) is 10.1. The van der Waals surface area contributed by atoms with Crippen molar-refractivity contribution in [3.8, 4) is 0 Å². The van der Waals surface area contributed by atoms with Crippen LogP contribution < -0.4 is 0 Å². The highest BCUT2D eigenvalue weighted by Crippen LogP contribution is 2.31. The zero-order valence-electron chi connectivity index (χ0n) is 16.0. The normalized spacial score (nSPS) is 21.1. The Balaban J connectivity index is 1.47. The van der Waals surface area contributed by atoms with Crippen LogP contribution in [-0.4, -0.2) is 43.8 Å². The highest BCUT2D eigenvalue weighted by atomic mass is 35.5. The van der Waals surface area contributed by atoms with Crippen molar-refractivity contribution in [3.63, 3.8) is 0 Å². The van der Waals surface area contributed by atoms with Crippen molar-refractivity contribution in [2.75, 3.05) is 26.2 Å². The summed E-state index contributed by atoms with van der Waals surface area (Å²) >= 11 is 5.92. The van der Waals surface area contributed by atoms with Gasteiger partial charge in [-0.15, -0.1) is 0 Å². The Morgan fingerprint density at radius 2 is 1.79 bits per heavy atom. The predicted molar refractivity (Wildman–Crippen MR) is 108 cm³/mol. The molecule has 0 amide bonds. The SMILES string of the molecule is O=S(=O)(c1cc(F)c(F)cc1Cl)N1CCCC(CN2CCc3ccccc3C2)C1. The molecule has 156 valence electrons. The van der Waals surface area contributed by atoms with Gasteiger partial charge in [0.1, 0.15) is 4.90 Å². The molecule has 0 aromatic heterocycles. The van der Waals surface area contributed by atoms with Gasteiger partial charge in [-0.2, -0.15) is 4.31 Å². The lowest BCUT2D eigenvalue weighted by atomic mass is 9.95. The molecule has 29 heavy (non-hydrogen) atoms. The van der Waals surface area contributed by atoms with Crippen LogP contribution >= 0.6 is 11.6 Å². The van der Waals surface area contributed by atoms with Gasteiger partial charge in [-0.1, -0.05) is 35.9 Å². The van der Waals surface area contributed by atoms with Crippen LogP contribution in [0.1, 0.15) is 24.0 Å². The molecule has 2 aromatic carbocycles. The highest BCUT2D eigenvalue weighted by molar-refractivity contribution is 7.89. The van der Waals surface area contributed by atoms with E-state index in [0.29, 0.717) is 19.2 Å². The van der Waals surface area contributed by atoms with Crippen LogP contribution in [0.3, 0.4) is 0 Å². The van der Waals surface area contributed by atoms with Crippen LogP contribution in [-0.2, 0) is 23.0 Å². The van der Waals surface area contributed by atoms with E-state index in [4.69, 9.17) is 11.6 Å². The maximum absolute atomic E-state index is 13.6. The number of hydrogen-bond acceptors (Lipinski definition) is 3. The number of hydrogen-bond donors (Lipinski definition) is 0. The number of sulfonamides is 1. The van der Waals surface area contributed by atoms with E-state index < -0.39 is 21.7 Å². The Bertz CT molecular complexity index is 1020. The summed E-state index contributed by atoms with van der Waals surface area (Å²) in [5, 5.41) is -0.293. The largest absolute Gasteiger partial charge is 0.298 e. The van der Waals surface area contributed by atoms with E-state index in [2.05, 4.69) is 23.1 Å². The van der Waals surface area contributed by atoms with Crippen LogP contribution in [0.25, 0.3) is 0 Å². The number of fused-ring (bicyclic) bond motifs is 1. The second kappa shape index (κ2) is 8.30. The third kappa shape index (κ3) is 4.33. The first-order valence-corrected chi connectivity index (χ1v) is 11.6. The molecule has 4 nitrogen and oxygen atoms in total. The van der Waals surface area contributed by atoms with Crippen molar-refractivity contribution in [2.24, 2.45) is 5.92 Å². The number of benzene rings is 2. The average molecular weight is 441 g/mol. The van der Waals surface area contributed by atoms with Crippen molar-refractivity contribution in [1.82, 2.24) is 9.21 Å². The molecule has 0 saturated carbocycles. The van der Waals surface area contributed by atoms with Gasteiger partial charge in [-0.25, -0.2) is 17.2 Å². The topological polar surface area (TPSA) is 40.6 Å². The number of nitrogens with zero attached hydrogens (tertiary/aromatic N) is 2. The third-order valence-electron chi connectivity index (χ3n) is 5.80. The molecule has 4 rings (SSSR count). The molecule has 1 saturated heterocycles. The fourth-order valence-corrected chi connectivity index (χ4v) is 6.37. The van der Waals surface area contributed by atoms with Crippen LogP contribution in [0.5, 0.6) is 0 Å². The Hall–Kier alpha value is -1.54. The van der Waals surface area contributed by atoms with Gasteiger partial charge >= 0.3 is 0 Å². The van der Waals surface area contributed by atoms with Gasteiger partial charge in [0.25, 0.3) is 0 Å². The Morgan fingerprint density at radius 3 is 2.59 bits per heavy atom. The molecule has 0 spiro atoms. The van der Waals surface area contributed by atoms with Crippen LogP contribution in [0, 0.1) is 17.6 Å². The first-order chi connectivity index (χ1) is 13.8. The van der Waals surface area contributed by atoms with E-state index in [9.17, 15) is 17.2 Å². The van der Waals surface area contributed by atoms with Crippen molar-refractivity contribution in [1.29, 1.82) is 0 Å². The highest BCUT2D eigenvalue weighted by Gasteiger charge is 2.33. The first kappa shape index (κ1) is 20.7. The summed E-state index contributed by atoms with van der Waals surface area (Å²) in [5.74, 6) is -2.18. The van der Waals surface area contributed by atoms with E-state index in [1.807, 2.05) is 6.07 Å². The van der Waals surface area contributed by atoms with Gasteiger partial charge in [-0.3, -0.25) is 4.90 Å². The molecule has 2 aromatic rings.